The van der Waals surface area contributed by atoms with E-state index < -0.39 is 0 Å². The van der Waals surface area contributed by atoms with E-state index in [4.69, 9.17) is 0 Å². The normalized spacial score (nSPS) is 11.0. The van der Waals surface area contributed by atoms with Crippen LogP contribution in [0.5, 0.6) is 0 Å². The Morgan fingerprint density at radius 1 is 1.24 bits per heavy atom. The van der Waals surface area contributed by atoms with Gasteiger partial charge in [0.15, 0.2) is 5.78 Å². The molecule has 0 saturated heterocycles. The van der Waals surface area contributed by atoms with Gasteiger partial charge in [-0.1, -0.05) is 25.1 Å². The Labute approximate surface area is 124 Å². The van der Waals surface area contributed by atoms with E-state index in [0.717, 1.165) is 22.9 Å². The van der Waals surface area contributed by atoms with Gasteiger partial charge in [-0.25, -0.2) is 5.01 Å². The minimum Gasteiger partial charge on any atom is -0.352 e. The molecule has 0 fully saturated rings. The molecule has 2 aromatic rings. The number of carbonyl (C=O) groups is 2. The summed E-state index contributed by atoms with van der Waals surface area (Å²) >= 11 is 0. The largest absolute Gasteiger partial charge is 0.352 e. The predicted octanol–water partition coefficient (Wildman–Crippen LogP) is 2.29. The van der Waals surface area contributed by atoms with Gasteiger partial charge in [0.25, 0.3) is 0 Å². The third-order valence-electron chi connectivity index (χ3n) is 3.26. The molecular formula is C16H21N3O2. The molecule has 21 heavy (non-hydrogen) atoms. The molecule has 0 radical (unpaired) electrons. The number of hydrogen-bond donors (Lipinski definition) is 2. The van der Waals surface area contributed by atoms with Crippen molar-refractivity contribution in [2.24, 2.45) is 0 Å². The summed E-state index contributed by atoms with van der Waals surface area (Å²) in [5.74, 6) is -0.0725. The first kappa shape index (κ1) is 15.3. The fourth-order valence-corrected chi connectivity index (χ4v) is 2.42. The van der Waals surface area contributed by atoms with E-state index in [1.807, 2.05) is 31.2 Å². The van der Waals surface area contributed by atoms with Gasteiger partial charge >= 0.3 is 0 Å². The number of hydrazine groups is 1. The number of H-pyrrole nitrogens is 1. The first-order chi connectivity index (χ1) is 10.0. The monoisotopic (exact) mass is 287 g/mol. The summed E-state index contributed by atoms with van der Waals surface area (Å²) in [6.07, 6.45) is 1.46. The van der Waals surface area contributed by atoms with Gasteiger partial charge in [-0.05, 0) is 18.1 Å². The number of fused-ring (bicyclic) bond motifs is 1. The van der Waals surface area contributed by atoms with Crippen LogP contribution in [0.15, 0.2) is 24.3 Å². The molecule has 0 aliphatic carbocycles. The lowest BCUT2D eigenvalue weighted by molar-refractivity contribution is -0.124. The van der Waals surface area contributed by atoms with Crippen LogP contribution in [-0.4, -0.2) is 35.8 Å². The molecule has 5 nitrogen and oxygen atoms in total. The molecular weight excluding hydrogens is 266 g/mol. The maximum absolute atomic E-state index is 12.3. The number of amides is 1. The standard InChI is InChI=1S/C16H21N3O2/c1-4-7-14(20)16-12(10-15(21)18-19(2)3)11-8-5-6-9-13(11)17-16/h5-6,8-9,17H,4,7,10H2,1-3H3,(H,18,21). The molecule has 1 aromatic carbocycles. The van der Waals surface area contributed by atoms with Crippen molar-refractivity contribution in [3.63, 3.8) is 0 Å². The van der Waals surface area contributed by atoms with Gasteiger partial charge in [-0.3, -0.25) is 15.0 Å². The molecule has 0 atom stereocenters. The number of aromatic nitrogens is 1. The highest BCUT2D eigenvalue weighted by atomic mass is 16.2. The van der Waals surface area contributed by atoms with E-state index in [1.165, 1.54) is 0 Å². The van der Waals surface area contributed by atoms with Crippen molar-refractivity contribution in [3.05, 3.63) is 35.5 Å². The molecule has 0 aliphatic heterocycles. The highest BCUT2D eigenvalue weighted by molar-refractivity contribution is 6.03. The van der Waals surface area contributed by atoms with Gasteiger partial charge in [-0.2, -0.15) is 0 Å². The van der Waals surface area contributed by atoms with Crippen LogP contribution < -0.4 is 5.43 Å². The summed E-state index contributed by atoms with van der Waals surface area (Å²) in [7, 11) is 3.52. The highest BCUT2D eigenvalue weighted by Crippen LogP contribution is 2.24. The average molecular weight is 287 g/mol. The Kier molecular flexibility index (Phi) is 4.75. The maximum Gasteiger partial charge on any atom is 0.238 e. The average Bonchev–Trinajstić information content (AvgIpc) is 2.77. The molecule has 0 bridgehead atoms. The Balaban J connectivity index is 2.40. The van der Waals surface area contributed by atoms with Gasteiger partial charge in [0.1, 0.15) is 0 Å². The summed E-state index contributed by atoms with van der Waals surface area (Å²) < 4.78 is 0. The van der Waals surface area contributed by atoms with Gasteiger partial charge in [0.2, 0.25) is 5.91 Å². The van der Waals surface area contributed by atoms with Crippen LogP contribution in [0, 0.1) is 0 Å². The van der Waals surface area contributed by atoms with Gasteiger partial charge in [-0.15, -0.1) is 0 Å². The van der Waals surface area contributed by atoms with Gasteiger partial charge < -0.3 is 4.98 Å². The lowest BCUT2D eigenvalue weighted by atomic mass is 10.0. The van der Waals surface area contributed by atoms with Crippen molar-refractivity contribution in [1.29, 1.82) is 0 Å². The lowest BCUT2D eigenvalue weighted by Crippen LogP contribution is -2.37. The second-order valence-corrected chi connectivity index (χ2v) is 5.30. The van der Waals surface area contributed by atoms with Crippen molar-refractivity contribution in [2.45, 2.75) is 26.2 Å². The summed E-state index contributed by atoms with van der Waals surface area (Å²) in [5, 5.41) is 2.54. The van der Waals surface area contributed by atoms with E-state index in [-0.39, 0.29) is 18.1 Å². The highest BCUT2D eigenvalue weighted by Gasteiger charge is 2.19. The zero-order valence-electron chi connectivity index (χ0n) is 12.7. The fraction of sp³-hybridized carbons (Fsp3) is 0.375. The Morgan fingerprint density at radius 3 is 2.62 bits per heavy atom. The number of aromatic amines is 1. The molecule has 1 heterocycles. The number of nitrogens with one attached hydrogen (secondary N) is 2. The predicted molar refractivity (Wildman–Crippen MR) is 83.1 cm³/mol. The lowest BCUT2D eigenvalue weighted by Gasteiger charge is -2.12. The van der Waals surface area contributed by atoms with Crippen LogP contribution in [0.3, 0.4) is 0 Å². The number of para-hydroxylation sites is 1. The van der Waals surface area contributed by atoms with Gasteiger partial charge in [0, 0.05) is 31.4 Å². The topological polar surface area (TPSA) is 65.2 Å². The SMILES string of the molecule is CCCC(=O)c1[nH]c2ccccc2c1CC(=O)NN(C)C. The molecule has 0 unspecified atom stereocenters. The quantitative estimate of drug-likeness (QED) is 0.633. The first-order valence-corrected chi connectivity index (χ1v) is 7.12. The number of nitrogens with zero attached hydrogens (tertiary/aromatic N) is 1. The van der Waals surface area contributed by atoms with Crippen LogP contribution in [-0.2, 0) is 11.2 Å². The van der Waals surface area contributed by atoms with Crippen molar-refractivity contribution < 1.29 is 9.59 Å². The molecule has 0 aliphatic rings. The van der Waals surface area contributed by atoms with E-state index >= 15 is 0 Å². The number of ketones is 1. The van der Waals surface area contributed by atoms with Crippen molar-refractivity contribution in [3.8, 4) is 0 Å². The summed E-state index contributed by atoms with van der Waals surface area (Å²) in [4.78, 5) is 27.4. The number of rotatable bonds is 6. The van der Waals surface area contributed by atoms with Crippen molar-refractivity contribution in [1.82, 2.24) is 15.4 Å². The first-order valence-electron chi connectivity index (χ1n) is 7.12. The van der Waals surface area contributed by atoms with Crippen LogP contribution in [0.25, 0.3) is 10.9 Å². The maximum atomic E-state index is 12.3. The third kappa shape index (κ3) is 3.49. The summed E-state index contributed by atoms with van der Waals surface area (Å²) in [6, 6.07) is 7.69. The molecule has 2 rings (SSSR count). The Morgan fingerprint density at radius 2 is 1.95 bits per heavy atom. The third-order valence-corrected chi connectivity index (χ3v) is 3.26. The second-order valence-electron chi connectivity index (χ2n) is 5.30. The second kappa shape index (κ2) is 6.54. The van der Waals surface area contributed by atoms with Crippen LogP contribution in [0.1, 0.15) is 35.8 Å². The summed E-state index contributed by atoms with van der Waals surface area (Å²) in [6.45, 7) is 1.97. The number of Topliss-reactive ketones (excluding diaryl/α,β-unsaturated/α-hetero) is 1. The molecule has 0 saturated carbocycles. The van der Waals surface area contributed by atoms with E-state index in [9.17, 15) is 9.59 Å². The van der Waals surface area contributed by atoms with Crippen molar-refractivity contribution >= 4 is 22.6 Å². The molecule has 2 N–H and O–H groups in total. The Hall–Kier alpha value is -2.14. The molecule has 0 spiro atoms. The van der Waals surface area contributed by atoms with Crippen LogP contribution >= 0.6 is 0 Å². The van der Waals surface area contributed by atoms with Crippen LogP contribution in [0.4, 0.5) is 0 Å². The number of hydrogen-bond acceptors (Lipinski definition) is 3. The minimum absolute atomic E-state index is 0.0568. The molecule has 1 aromatic heterocycles. The zero-order chi connectivity index (χ0) is 15.4. The summed E-state index contributed by atoms with van der Waals surface area (Å²) in [5.41, 5.74) is 4.95. The van der Waals surface area contributed by atoms with Crippen LogP contribution in [0.2, 0.25) is 0 Å². The minimum atomic E-state index is -0.129. The molecule has 1 amide bonds. The van der Waals surface area contributed by atoms with E-state index in [2.05, 4.69) is 10.4 Å². The molecule has 5 heteroatoms. The van der Waals surface area contributed by atoms with E-state index in [0.29, 0.717) is 12.1 Å². The zero-order valence-corrected chi connectivity index (χ0v) is 12.7. The van der Waals surface area contributed by atoms with Crippen molar-refractivity contribution in [2.75, 3.05) is 14.1 Å². The van der Waals surface area contributed by atoms with E-state index in [1.54, 1.807) is 19.1 Å². The van der Waals surface area contributed by atoms with Gasteiger partial charge in [0.05, 0.1) is 12.1 Å². The smallest absolute Gasteiger partial charge is 0.238 e. The fourth-order valence-electron chi connectivity index (χ4n) is 2.42. The molecule has 112 valence electrons. The Bertz CT molecular complexity index is 659. The number of benzene rings is 1. The number of carbonyl (C=O) groups excluding carboxylic acids is 2.